The van der Waals surface area contributed by atoms with Crippen LogP contribution in [0.15, 0.2) is 41.3 Å². The molecule has 1 amide bonds. The van der Waals surface area contributed by atoms with Gasteiger partial charge in [-0.2, -0.15) is 0 Å². The van der Waals surface area contributed by atoms with Crippen molar-refractivity contribution in [1.82, 2.24) is 4.72 Å². The lowest BCUT2D eigenvalue weighted by Crippen LogP contribution is -2.28. The first-order valence-electron chi connectivity index (χ1n) is 8.80. The Morgan fingerprint density at radius 3 is 2.61 bits per heavy atom. The lowest BCUT2D eigenvalue weighted by Gasteiger charge is -2.11. The zero-order valence-electron chi connectivity index (χ0n) is 15.3. The summed E-state index contributed by atoms with van der Waals surface area (Å²) in [5.74, 6) is -0.172. The maximum absolute atomic E-state index is 13.8. The highest BCUT2D eigenvalue weighted by atomic mass is 32.2. The van der Waals surface area contributed by atoms with E-state index in [0.29, 0.717) is 31.1 Å². The summed E-state index contributed by atoms with van der Waals surface area (Å²) in [5.41, 5.74) is 0.791. The topological polar surface area (TPSA) is 93.7 Å². The van der Waals surface area contributed by atoms with Crippen molar-refractivity contribution in [1.29, 1.82) is 0 Å². The molecule has 0 bridgehead atoms. The third-order valence-electron chi connectivity index (χ3n) is 4.07. The van der Waals surface area contributed by atoms with Crippen LogP contribution in [0, 0.1) is 12.7 Å². The van der Waals surface area contributed by atoms with Crippen molar-refractivity contribution >= 4 is 21.6 Å². The maximum Gasteiger partial charge on any atom is 0.240 e. The third kappa shape index (κ3) is 4.99. The van der Waals surface area contributed by atoms with E-state index in [-0.39, 0.29) is 23.5 Å². The Labute approximate surface area is 162 Å². The number of hydrogen-bond acceptors (Lipinski definition) is 5. The highest BCUT2D eigenvalue weighted by Gasteiger charge is 2.19. The van der Waals surface area contributed by atoms with Crippen LogP contribution in [0.3, 0.4) is 0 Å². The average Bonchev–Trinajstić information content (AvgIpc) is 2.88. The second kappa shape index (κ2) is 8.57. The van der Waals surface area contributed by atoms with Crippen molar-refractivity contribution in [2.75, 3.05) is 25.1 Å². The van der Waals surface area contributed by atoms with Crippen LogP contribution in [0.5, 0.6) is 11.5 Å². The molecule has 0 fully saturated rings. The zero-order chi connectivity index (χ0) is 20.1. The van der Waals surface area contributed by atoms with Gasteiger partial charge >= 0.3 is 0 Å². The van der Waals surface area contributed by atoms with Crippen LogP contribution in [0.1, 0.15) is 18.4 Å². The van der Waals surface area contributed by atoms with Crippen molar-refractivity contribution in [2.24, 2.45) is 0 Å². The second-order valence-electron chi connectivity index (χ2n) is 6.34. The Balaban J connectivity index is 1.57. The van der Waals surface area contributed by atoms with Crippen LogP contribution in [0.2, 0.25) is 0 Å². The van der Waals surface area contributed by atoms with Crippen molar-refractivity contribution in [2.45, 2.75) is 24.7 Å². The van der Waals surface area contributed by atoms with Crippen molar-refractivity contribution in [3.05, 3.63) is 47.8 Å². The Morgan fingerprint density at radius 2 is 1.86 bits per heavy atom. The second-order valence-corrected chi connectivity index (χ2v) is 8.11. The van der Waals surface area contributed by atoms with E-state index in [0.717, 1.165) is 5.56 Å². The molecule has 0 radical (unpaired) electrons. The predicted octanol–water partition coefficient (Wildman–Crippen LogP) is 2.60. The van der Waals surface area contributed by atoms with E-state index in [1.807, 2.05) is 0 Å². The van der Waals surface area contributed by atoms with Crippen LogP contribution in [-0.4, -0.2) is 34.1 Å². The number of benzene rings is 2. The first-order chi connectivity index (χ1) is 13.3. The molecule has 2 aromatic rings. The van der Waals surface area contributed by atoms with Gasteiger partial charge in [0.15, 0.2) is 11.5 Å². The summed E-state index contributed by atoms with van der Waals surface area (Å²) < 4.78 is 52.0. The molecule has 0 saturated carbocycles. The smallest absolute Gasteiger partial charge is 0.240 e. The van der Waals surface area contributed by atoms with E-state index in [9.17, 15) is 17.6 Å². The Kier molecular flexibility index (Phi) is 6.15. The zero-order valence-corrected chi connectivity index (χ0v) is 16.1. The molecule has 1 aliphatic rings. The summed E-state index contributed by atoms with van der Waals surface area (Å²) in [7, 11) is -3.83. The van der Waals surface area contributed by atoms with Gasteiger partial charge in [-0.15, -0.1) is 0 Å². The number of aryl methyl sites for hydroxylation is 1. The van der Waals surface area contributed by atoms with Gasteiger partial charge in [0.05, 0.1) is 23.8 Å². The molecule has 1 aliphatic heterocycles. The van der Waals surface area contributed by atoms with Crippen LogP contribution in [0.4, 0.5) is 10.1 Å². The number of nitrogens with one attached hydrogen (secondary N) is 2. The normalized spacial score (nSPS) is 13.6. The number of sulfonamides is 1. The van der Waals surface area contributed by atoms with E-state index in [4.69, 9.17) is 9.47 Å². The fourth-order valence-corrected chi connectivity index (χ4v) is 3.67. The van der Waals surface area contributed by atoms with Crippen molar-refractivity contribution < 1.29 is 27.1 Å². The summed E-state index contributed by atoms with van der Waals surface area (Å²) in [6.45, 7) is 2.56. The van der Waals surface area contributed by atoms with Crippen LogP contribution < -0.4 is 19.5 Å². The number of carbonyl (C=O) groups excluding carboxylic acids is 1. The molecule has 0 aliphatic carbocycles. The average molecular weight is 408 g/mol. The Hall–Kier alpha value is -2.65. The first-order valence-corrected chi connectivity index (χ1v) is 10.3. The summed E-state index contributed by atoms with van der Waals surface area (Å²) in [6, 6.07) is 8.79. The Morgan fingerprint density at radius 1 is 1.11 bits per heavy atom. The fourth-order valence-electron chi connectivity index (χ4n) is 2.63. The number of ether oxygens (including phenoxy) is 2. The number of halogens is 1. The van der Waals surface area contributed by atoms with Gasteiger partial charge in [-0.25, -0.2) is 17.5 Å². The van der Waals surface area contributed by atoms with Crippen LogP contribution in [-0.2, 0) is 14.8 Å². The van der Waals surface area contributed by atoms with Crippen molar-refractivity contribution in [3.8, 4) is 11.5 Å². The van der Waals surface area contributed by atoms with Gasteiger partial charge in [0.25, 0.3) is 0 Å². The van der Waals surface area contributed by atoms with Crippen LogP contribution >= 0.6 is 0 Å². The predicted molar refractivity (Wildman–Crippen MR) is 102 cm³/mol. The molecule has 2 aromatic carbocycles. The van der Waals surface area contributed by atoms with Crippen molar-refractivity contribution in [3.63, 3.8) is 0 Å². The molecule has 1 heterocycles. The number of amides is 1. The van der Waals surface area contributed by atoms with Gasteiger partial charge in [-0.3, -0.25) is 4.79 Å². The van der Waals surface area contributed by atoms with E-state index in [1.54, 1.807) is 19.1 Å². The fraction of sp³-hybridized carbons (Fsp3) is 0.316. The van der Waals surface area contributed by atoms with Gasteiger partial charge in [-0.05, 0) is 36.8 Å². The molecule has 0 spiro atoms. The van der Waals surface area contributed by atoms with E-state index < -0.39 is 21.7 Å². The molecular formula is C19H21FN2O5S. The van der Waals surface area contributed by atoms with Gasteiger partial charge < -0.3 is 14.8 Å². The minimum Gasteiger partial charge on any atom is -0.490 e. The molecule has 0 saturated heterocycles. The highest BCUT2D eigenvalue weighted by molar-refractivity contribution is 7.89. The number of fused-ring (bicyclic) bond motifs is 1. The molecule has 0 aromatic heterocycles. The third-order valence-corrected chi connectivity index (χ3v) is 5.53. The number of anilines is 1. The molecule has 150 valence electrons. The highest BCUT2D eigenvalue weighted by Crippen LogP contribution is 2.31. The molecule has 0 unspecified atom stereocenters. The van der Waals surface area contributed by atoms with Gasteiger partial charge in [0.2, 0.25) is 15.9 Å². The van der Waals surface area contributed by atoms with Crippen LogP contribution in [0.25, 0.3) is 0 Å². The quantitative estimate of drug-likeness (QED) is 0.766. The summed E-state index contributed by atoms with van der Waals surface area (Å²) in [4.78, 5) is 12.0. The minimum atomic E-state index is -3.83. The molecule has 0 atom stereocenters. The van der Waals surface area contributed by atoms with E-state index in [2.05, 4.69) is 10.0 Å². The summed E-state index contributed by atoms with van der Waals surface area (Å²) in [6.07, 6.45) is 0.572. The standard InChI is InChI=1S/C19H21FN2O5S/c1-13-3-5-16(15(20)11-13)22-19(23)7-8-21-28(24,25)14-4-6-17-18(12-14)27-10-2-9-26-17/h3-6,11-12,21H,2,7-10H2,1H3,(H,22,23). The summed E-state index contributed by atoms with van der Waals surface area (Å²) >= 11 is 0. The maximum atomic E-state index is 13.8. The molecule has 3 rings (SSSR count). The molecular weight excluding hydrogens is 387 g/mol. The van der Waals surface area contributed by atoms with Gasteiger partial charge in [-0.1, -0.05) is 6.07 Å². The largest absolute Gasteiger partial charge is 0.490 e. The van der Waals surface area contributed by atoms with E-state index >= 15 is 0 Å². The molecule has 7 nitrogen and oxygen atoms in total. The SMILES string of the molecule is Cc1ccc(NC(=O)CCNS(=O)(=O)c2ccc3c(c2)OCCCO3)c(F)c1. The van der Waals surface area contributed by atoms with Gasteiger partial charge in [0, 0.05) is 25.5 Å². The number of rotatable bonds is 6. The molecule has 28 heavy (non-hydrogen) atoms. The number of hydrogen-bond donors (Lipinski definition) is 2. The minimum absolute atomic E-state index is 0.0155. The number of carbonyl (C=O) groups is 1. The van der Waals surface area contributed by atoms with Gasteiger partial charge in [0.1, 0.15) is 5.82 Å². The lowest BCUT2D eigenvalue weighted by molar-refractivity contribution is -0.116. The first kappa shape index (κ1) is 20.1. The summed E-state index contributed by atoms with van der Waals surface area (Å²) in [5, 5.41) is 2.43. The molecule has 2 N–H and O–H groups in total. The monoisotopic (exact) mass is 408 g/mol. The van der Waals surface area contributed by atoms with E-state index in [1.165, 1.54) is 24.3 Å². The molecule has 9 heteroatoms. The Bertz CT molecular complexity index is 978. The lowest BCUT2D eigenvalue weighted by atomic mass is 10.2.